The molecule has 0 radical (unpaired) electrons. The first-order chi connectivity index (χ1) is 11.6. The van der Waals surface area contributed by atoms with E-state index in [2.05, 4.69) is 12.2 Å². The SMILES string of the molecule is CCCCC1CCCC1NC(=O)C1CCCN(C(=O)C(C)CC)C1. The number of carbonyl (C=O) groups excluding carboxylic acids is 2. The minimum absolute atomic E-state index is 0.0146. The van der Waals surface area contributed by atoms with Gasteiger partial charge in [0.1, 0.15) is 0 Å². The van der Waals surface area contributed by atoms with E-state index >= 15 is 0 Å². The Kier molecular flexibility index (Phi) is 7.57. The molecule has 1 N–H and O–H groups in total. The number of likely N-dealkylation sites (tertiary alicyclic amines) is 1. The molecule has 0 aromatic heterocycles. The van der Waals surface area contributed by atoms with Crippen LogP contribution in [0.25, 0.3) is 0 Å². The third kappa shape index (κ3) is 4.97. The van der Waals surface area contributed by atoms with Crippen molar-refractivity contribution in [1.29, 1.82) is 0 Å². The maximum absolute atomic E-state index is 12.7. The van der Waals surface area contributed by atoms with Crippen LogP contribution in [0.5, 0.6) is 0 Å². The number of hydrogen-bond donors (Lipinski definition) is 1. The molecule has 1 aliphatic heterocycles. The Morgan fingerprint density at radius 2 is 1.96 bits per heavy atom. The van der Waals surface area contributed by atoms with Crippen molar-refractivity contribution in [3.05, 3.63) is 0 Å². The first kappa shape index (κ1) is 19.3. The molecule has 0 spiro atoms. The van der Waals surface area contributed by atoms with Crippen LogP contribution in [0.4, 0.5) is 0 Å². The van der Waals surface area contributed by atoms with Crippen LogP contribution in [0.15, 0.2) is 0 Å². The maximum Gasteiger partial charge on any atom is 0.225 e. The summed E-state index contributed by atoms with van der Waals surface area (Å²) in [6, 6.07) is 0.365. The number of unbranched alkanes of at least 4 members (excludes halogenated alkanes) is 1. The third-order valence-corrected chi connectivity index (χ3v) is 6.05. The summed E-state index contributed by atoms with van der Waals surface area (Å²) in [6.07, 6.45) is 10.1. The quantitative estimate of drug-likeness (QED) is 0.770. The largest absolute Gasteiger partial charge is 0.353 e. The lowest BCUT2D eigenvalue weighted by Crippen LogP contribution is -2.49. The zero-order valence-electron chi connectivity index (χ0n) is 15.9. The van der Waals surface area contributed by atoms with Crippen LogP contribution in [-0.2, 0) is 9.59 Å². The first-order valence-corrected chi connectivity index (χ1v) is 10.2. The summed E-state index contributed by atoms with van der Waals surface area (Å²) in [5.41, 5.74) is 0. The Morgan fingerprint density at radius 1 is 1.17 bits per heavy atom. The van der Waals surface area contributed by atoms with Gasteiger partial charge in [-0.15, -0.1) is 0 Å². The van der Waals surface area contributed by atoms with Crippen LogP contribution in [0.2, 0.25) is 0 Å². The predicted molar refractivity (Wildman–Crippen MR) is 97.6 cm³/mol. The normalized spacial score (nSPS) is 28.6. The van der Waals surface area contributed by atoms with Gasteiger partial charge in [-0.25, -0.2) is 0 Å². The van der Waals surface area contributed by atoms with Crippen LogP contribution in [-0.4, -0.2) is 35.8 Å². The molecule has 0 bridgehead atoms. The summed E-state index contributed by atoms with van der Waals surface area (Å²) in [7, 11) is 0. The molecule has 2 aliphatic rings. The molecule has 1 heterocycles. The average molecular weight is 337 g/mol. The Labute approximate surface area is 147 Å². The van der Waals surface area contributed by atoms with Crippen LogP contribution in [0.1, 0.15) is 78.6 Å². The van der Waals surface area contributed by atoms with Gasteiger partial charge in [0, 0.05) is 25.0 Å². The van der Waals surface area contributed by atoms with Crippen LogP contribution < -0.4 is 5.32 Å². The van der Waals surface area contributed by atoms with E-state index < -0.39 is 0 Å². The molecular weight excluding hydrogens is 300 g/mol. The molecule has 1 aliphatic carbocycles. The van der Waals surface area contributed by atoms with Crippen molar-refractivity contribution in [1.82, 2.24) is 10.2 Å². The molecule has 138 valence electrons. The number of nitrogens with zero attached hydrogens (tertiary/aromatic N) is 1. The first-order valence-electron chi connectivity index (χ1n) is 10.2. The van der Waals surface area contributed by atoms with E-state index in [4.69, 9.17) is 0 Å². The number of hydrogen-bond acceptors (Lipinski definition) is 2. The second-order valence-electron chi connectivity index (χ2n) is 7.88. The standard InChI is InChI=1S/C20H36N2O2/c1-4-6-9-16-10-7-12-18(16)21-19(23)17-11-8-13-22(14-17)20(24)15(3)5-2/h15-18H,4-14H2,1-3H3,(H,21,23). The average Bonchev–Trinajstić information content (AvgIpc) is 3.05. The van der Waals surface area contributed by atoms with Gasteiger partial charge < -0.3 is 10.2 Å². The zero-order valence-corrected chi connectivity index (χ0v) is 15.9. The highest BCUT2D eigenvalue weighted by Crippen LogP contribution is 2.30. The summed E-state index contributed by atoms with van der Waals surface area (Å²) < 4.78 is 0. The van der Waals surface area contributed by atoms with E-state index in [0.717, 1.165) is 32.2 Å². The Balaban J connectivity index is 1.86. The maximum atomic E-state index is 12.7. The van der Waals surface area contributed by atoms with E-state index in [1.54, 1.807) is 0 Å². The molecule has 2 amide bonds. The molecule has 4 unspecified atom stereocenters. The smallest absolute Gasteiger partial charge is 0.225 e. The molecule has 1 saturated heterocycles. The number of amides is 2. The second kappa shape index (κ2) is 9.43. The van der Waals surface area contributed by atoms with Crippen LogP contribution >= 0.6 is 0 Å². The van der Waals surface area contributed by atoms with E-state index in [1.165, 1.54) is 32.1 Å². The summed E-state index contributed by atoms with van der Waals surface area (Å²) in [4.78, 5) is 27.1. The monoisotopic (exact) mass is 336 g/mol. The fourth-order valence-corrected chi connectivity index (χ4v) is 4.22. The lowest BCUT2D eigenvalue weighted by atomic mass is 9.93. The van der Waals surface area contributed by atoms with Crippen molar-refractivity contribution < 1.29 is 9.59 Å². The van der Waals surface area contributed by atoms with E-state index in [0.29, 0.717) is 18.5 Å². The molecule has 1 saturated carbocycles. The lowest BCUT2D eigenvalue weighted by molar-refractivity contribution is -0.139. The molecule has 4 atom stereocenters. The number of piperidine rings is 1. The van der Waals surface area contributed by atoms with E-state index in [9.17, 15) is 9.59 Å². The van der Waals surface area contributed by atoms with E-state index in [1.807, 2.05) is 18.7 Å². The molecule has 24 heavy (non-hydrogen) atoms. The summed E-state index contributed by atoms with van der Waals surface area (Å²) >= 11 is 0. The highest BCUT2D eigenvalue weighted by molar-refractivity contribution is 5.82. The third-order valence-electron chi connectivity index (χ3n) is 6.05. The number of rotatable bonds is 7. The van der Waals surface area contributed by atoms with Gasteiger partial charge in [0.25, 0.3) is 0 Å². The Bertz CT molecular complexity index is 424. The lowest BCUT2D eigenvalue weighted by Gasteiger charge is -2.34. The van der Waals surface area contributed by atoms with Crippen molar-refractivity contribution in [3.63, 3.8) is 0 Å². The van der Waals surface area contributed by atoms with Gasteiger partial charge in [0.15, 0.2) is 0 Å². The predicted octanol–water partition coefficient (Wildman–Crippen LogP) is 3.75. The fraction of sp³-hybridized carbons (Fsp3) is 0.900. The minimum Gasteiger partial charge on any atom is -0.353 e. The zero-order chi connectivity index (χ0) is 17.5. The molecule has 0 aromatic carbocycles. The highest BCUT2D eigenvalue weighted by atomic mass is 16.2. The molecular formula is C20H36N2O2. The van der Waals surface area contributed by atoms with Gasteiger partial charge in [-0.05, 0) is 44.4 Å². The molecule has 2 rings (SSSR count). The van der Waals surface area contributed by atoms with Crippen molar-refractivity contribution in [3.8, 4) is 0 Å². The van der Waals surface area contributed by atoms with Crippen molar-refractivity contribution in [2.75, 3.05) is 13.1 Å². The highest BCUT2D eigenvalue weighted by Gasteiger charge is 2.33. The Morgan fingerprint density at radius 3 is 2.67 bits per heavy atom. The van der Waals surface area contributed by atoms with Gasteiger partial charge in [0.2, 0.25) is 11.8 Å². The van der Waals surface area contributed by atoms with E-state index in [-0.39, 0.29) is 23.7 Å². The van der Waals surface area contributed by atoms with Crippen molar-refractivity contribution in [2.24, 2.45) is 17.8 Å². The topological polar surface area (TPSA) is 49.4 Å². The van der Waals surface area contributed by atoms with Gasteiger partial charge >= 0.3 is 0 Å². The van der Waals surface area contributed by atoms with Gasteiger partial charge in [-0.3, -0.25) is 9.59 Å². The molecule has 4 heteroatoms. The van der Waals surface area contributed by atoms with Crippen LogP contribution in [0, 0.1) is 17.8 Å². The molecule has 4 nitrogen and oxygen atoms in total. The van der Waals surface area contributed by atoms with Crippen molar-refractivity contribution in [2.45, 2.75) is 84.6 Å². The Hall–Kier alpha value is -1.06. The number of carbonyl (C=O) groups is 2. The number of nitrogens with one attached hydrogen (secondary N) is 1. The summed E-state index contributed by atoms with van der Waals surface area (Å²) in [6.45, 7) is 7.69. The van der Waals surface area contributed by atoms with Crippen molar-refractivity contribution >= 4 is 11.8 Å². The molecule has 2 fully saturated rings. The summed E-state index contributed by atoms with van der Waals surface area (Å²) in [5, 5.41) is 3.33. The fourth-order valence-electron chi connectivity index (χ4n) is 4.22. The van der Waals surface area contributed by atoms with Crippen LogP contribution in [0.3, 0.4) is 0 Å². The molecule has 0 aromatic rings. The summed E-state index contributed by atoms with van der Waals surface area (Å²) in [5.74, 6) is 1.12. The van der Waals surface area contributed by atoms with Gasteiger partial charge in [-0.2, -0.15) is 0 Å². The van der Waals surface area contributed by atoms with Gasteiger partial charge in [-0.1, -0.05) is 40.0 Å². The second-order valence-corrected chi connectivity index (χ2v) is 7.88. The minimum atomic E-state index is -0.0146. The van der Waals surface area contributed by atoms with Gasteiger partial charge in [0.05, 0.1) is 5.92 Å².